The molecule has 27 heavy (non-hydrogen) atoms. The summed E-state index contributed by atoms with van der Waals surface area (Å²) >= 11 is 0. The van der Waals surface area contributed by atoms with Crippen LogP contribution in [0, 0.1) is 5.92 Å². The summed E-state index contributed by atoms with van der Waals surface area (Å²) in [6, 6.07) is 8.90. The van der Waals surface area contributed by atoms with Gasteiger partial charge in [0.05, 0.1) is 0 Å². The lowest BCUT2D eigenvalue weighted by Crippen LogP contribution is -2.26. The molecule has 0 spiro atoms. The molecule has 3 aromatic rings. The normalized spacial score (nSPS) is 15.1. The first-order valence-corrected chi connectivity index (χ1v) is 9.56. The molecule has 0 saturated heterocycles. The van der Waals surface area contributed by atoms with E-state index in [2.05, 4.69) is 20.4 Å². The molecule has 3 heterocycles. The van der Waals surface area contributed by atoms with Crippen LogP contribution in [0.1, 0.15) is 48.9 Å². The molecule has 0 aliphatic heterocycles. The number of nitrogen functional groups attached to an aromatic ring is 1. The quantitative estimate of drug-likeness (QED) is 0.725. The highest BCUT2D eigenvalue weighted by Gasteiger charge is 2.16. The number of fused-ring (bicyclic) bond motifs is 1. The summed E-state index contributed by atoms with van der Waals surface area (Å²) in [6.45, 7) is 0.695. The highest BCUT2D eigenvalue weighted by Crippen LogP contribution is 2.25. The molecule has 0 unspecified atom stereocenters. The van der Waals surface area contributed by atoms with Gasteiger partial charge in [-0.25, -0.2) is 4.98 Å². The third kappa shape index (κ3) is 3.92. The van der Waals surface area contributed by atoms with Crippen molar-refractivity contribution in [2.24, 2.45) is 5.92 Å². The van der Waals surface area contributed by atoms with E-state index in [9.17, 15) is 4.79 Å². The van der Waals surface area contributed by atoms with Gasteiger partial charge in [0.25, 0.3) is 5.91 Å². The molecule has 3 N–H and O–H groups in total. The van der Waals surface area contributed by atoms with Crippen LogP contribution in [0.5, 0.6) is 0 Å². The van der Waals surface area contributed by atoms with Crippen LogP contribution in [-0.4, -0.2) is 32.0 Å². The van der Waals surface area contributed by atoms with Gasteiger partial charge >= 0.3 is 0 Å². The Bertz CT molecular complexity index is 930. The van der Waals surface area contributed by atoms with E-state index in [0.29, 0.717) is 35.1 Å². The zero-order chi connectivity index (χ0) is 18.6. The molecule has 0 atom stereocenters. The Hall–Kier alpha value is -2.96. The summed E-state index contributed by atoms with van der Waals surface area (Å²) < 4.78 is 1.53. The standard InChI is InChI=1S/C20H24N6O/c21-17-12-15(20(27)23-11-9-14-6-2-1-3-7-14)13-18-24-19(25-26(17)18)16-8-4-5-10-22-16/h4-5,8,10,12-14H,1-3,6-7,9,11,21H2,(H,23,27). The number of carbonyl (C=O) groups excluding carboxylic acids is 1. The van der Waals surface area contributed by atoms with Crippen molar-refractivity contribution < 1.29 is 4.79 Å². The van der Waals surface area contributed by atoms with Crippen molar-refractivity contribution >= 4 is 17.4 Å². The topological polar surface area (TPSA) is 98.2 Å². The van der Waals surface area contributed by atoms with Crippen LogP contribution >= 0.6 is 0 Å². The molecule has 1 amide bonds. The number of anilines is 1. The molecule has 140 valence electrons. The van der Waals surface area contributed by atoms with Gasteiger partial charge in [-0.05, 0) is 36.6 Å². The van der Waals surface area contributed by atoms with Gasteiger partial charge in [-0.15, -0.1) is 5.10 Å². The molecule has 7 nitrogen and oxygen atoms in total. The van der Waals surface area contributed by atoms with Crippen LogP contribution in [0.25, 0.3) is 17.2 Å². The second-order valence-corrected chi connectivity index (χ2v) is 7.14. The van der Waals surface area contributed by atoms with Crippen molar-refractivity contribution in [3.63, 3.8) is 0 Å². The Kier molecular flexibility index (Phi) is 5.00. The predicted molar refractivity (Wildman–Crippen MR) is 104 cm³/mol. The van der Waals surface area contributed by atoms with E-state index in [1.54, 1.807) is 18.3 Å². The number of nitrogens with two attached hydrogens (primary N) is 1. The fourth-order valence-electron chi connectivity index (χ4n) is 3.71. The third-order valence-electron chi connectivity index (χ3n) is 5.18. The maximum atomic E-state index is 12.5. The molecule has 3 aromatic heterocycles. The van der Waals surface area contributed by atoms with Crippen molar-refractivity contribution in [2.45, 2.75) is 38.5 Å². The fourth-order valence-corrected chi connectivity index (χ4v) is 3.71. The second kappa shape index (κ2) is 7.73. The van der Waals surface area contributed by atoms with E-state index in [1.807, 2.05) is 18.2 Å². The molecule has 0 bridgehead atoms. The van der Waals surface area contributed by atoms with Gasteiger partial charge < -0.3 is 11.1 Å². The molecule has 4 rings (SSSR count). The Morgan fingerprint density at radius 1 is 1.22 bits per heavy atom. The van der Waals surface area contributed by atoms with Gasteiger partial charge in [-0.3, -0.25) is 9.78 Å². The number of aromatic nitrogens is 4. The monoisotopic (exact) mass is 364 g/mol. The molecular formula is C20H24N6O. The highest BCUT2D eigenvalue weighted by atomic mass is 16.1. The van der Waals surface area contributed by atoms with Crippen LogP contribution in [0.15, 0.2) is 36.5 Å². The number of nitrogens with one attached hydrogen (secondary N) is 1. The van der Waals surface area contributed by atoms with Crippen molar-refractivity contribution in [2.75, 3.05) is 12.3 Å². The zero-order valence-electron chi connectivity index (χ0n) is 15.3. The van der Waals surface area contributed by atoms with Gasteiger partial charge in [-0.1, -0.05) is 38.2 Å². The maximum absolute atomic E-state index is 12.5. The molecule has 1 fully saturated rings. The largest absolute Gasteiger partial charge is 0.384 e. The average Bonchev–Trinajstić information content (AvgIpc) is 3.14. The number of pyridine rings is 2. The molecular weight excluding hydrogens is 340 g/mol. The maximum Gasteiger partial charge on any atom is 0.251 e. The van der Waals surface area contributed by atoms with Gasteiger partial charge in [0.15, 0.2) is 5.65 Å². The van der Waals surface area contributed by atoms with E-state index >= 15 is 0 Å². The number of hydrogen-bond acceptors (Lipinski definition) is 5. The molecule has 1 aliphatic rings. The Morgan fingerprint density at radius 2 is 2.07 bits per heavy atom. The van der Waals surface area contributed by atoms with Crippen LogP contribution in [0.4, 0.5) is 5.82 Å². The summed E-state index contributed by atoms with van der Waals surface area (Å²) in [4.78, 5) is 21.3. The number of rotatable bonds is 5. The van der Waals surface area contributed by atoms with E-state index in [0.717, 1.165) is 12.3 Å². The van der Waals surface area contributed by atoms with Crippen LogP contribution in [0.2, 0.25) is 0 Å². The number of hydrogen-bond donors (Lipinski definition) is 2. The lowest BCUT2D eigenvalue weighted by atomic mass is 9.87. The minimum Gasteiger partial charge on any atom is -0.384 e. The summed E-state index contributed by atoms with van der Waals surface area (Å²) in [5, 5.41) is 7.40. The summed E-state index contributed by atoms with van der Waals surface area (Å²) in [5.41, 5.74) is 7.80. The van der Waals surface area contributed by atoms with Gasteiger partial charge in [0.1, 0.15) is 11.5 Å². The van der Waals surface area contributed by atoms with Gasteiger partial charge in [0.2, 0.25) is 5.82 Å². The number of amides is 1. The summed E-state index contributed by atoms with van der Waals surface area (Å²) in [5.74, 6) is 1.48. The van der Waals surface area contributed by atoms with Crippen LogP contribution in [0.3, 0.4) is 0 Å². The van der Waals surface area contributed by atoms with Crippen LogP contribution < -0.4 is 11.1 Å². The summed E-state index contributed by atoms with van der Waals surface area (Å²) in [7, 11) is 0. The van der Waals surface area contributed by atoms with Crippen molar-refractivity contribution in [1.29, 1.82) is 0 Å². The minimum atomic E-state index is -0.123. The highest BCUT2D eigenvalue weighted by molar-refractivity contribution is 5.95. The predicted octanol–water partition coefficient (Wildman–Crippen LogP) is 3.07. The minimum absolute atomic E-state index is 0.123. The average molecular weight is 364 g/mol. The summed E-state index contributed by atoms with van der Waals surface area (Å²) in [6.07, 6.45) is 9.28. The lowest BCUT2D eigenvalue weighted by molar-refractivity contribution is 0.0950. The first-order chi connectivity index (χ1) is 13.2. The SMILES string of the molecule is Nc1cc(C(=O)NCCC2CCCCC2)cc2nc(-c3ccccn3)nn12. The van der Waals surface area contributed by atoms with E-state index in [-0.39, 0.29) is 5.91 Å². The number of nitrogens with zero attached hydrogens (tertiary/aromatic N) is 4. The van der Waals surface area contributed by atoms with Crippen molar-refractivity contribution in [3.05, 3.63) is 42.1 Å². The van der Waals surface area contributed by atoms with Crippen molar-refractivity contribution in [3.8, 4) is 11.5 Å². The molecule has 0 radical (unpaired) electrons. The van der Waals surface area contributed by atoms with Crippen molar-refractivity contribution in [1.82, 2.24) is 24.9 Å². The Labute approximate surface area is 158 Å². The first kappa shape index (κ1) is 17.5. The smallest absolute Gasteiger partial charge is 0.251 e. The van der Waals surface area contributed by atoms with Gasteiger partial charge in [-0.2, -0.15) is 4.52 Å². The van der Waals surface area contributed by atoms with Crippen LogP contribution in [-0.2, 0) is 0 Å². The van der Waals surface area contributed by atoms with Gasteiger partial charge in [0, 0.05) is 18.3 Å². The lowest BCUT2D eigenvalue weighted by Gasteiger charge is -2.21. The second-order valence-electron chi connectivity index (χ2n) is 7.14. The fraction of sp³-hybridized carbons (Fsp3) is 0.400. The Morgan fingerprint density at radius 3 is 2.85 bits per heavy atom. The first-order valence-electron chi connectivity index (χ1n) is 9.56. The van der Waals surface area contributed by atoms with E-state index < -0.39 is 0 Å². The van der Waals surface area contributed by atoms with E-state index in [1.165, 1.54) is 36.6 Å². The molecule has 0 aromatic carbocycles. The zero-order valence-corrected chi connectivity index (χ0v) is 15.3. The molecule has 1 aliphatic carbocycles. The Balaban J connectivity index is 1.47. The molecule has 1 saturated carbocycles. The number of carbonyl (C=O) groups is 1. The molecule has 7 heteroatoms. The third-order valence-corrected chi connectivity index (χ3v) is 5.18. The van der Waals surface area contributed by atoms with E-state index in [4.69, 9.17) is 5.73 Å².